The lowest BCUT2D eigenvalue weighted by atomic mass is 10.1. The van der Waals surface area contributed by atoms with Crippen LogP contribution in [0.4, 0.5) is 5.69 Å². The van der Waals surface area contributed by atoms with E-state index in [4.69, 9.17) is 10.2 Å². The standard InChI is InChI=1S/C12H12N2O/c13-10-3-1-2-9(6-10)11-7-15-12(14-11)8-4-5-8/h1-3,6-8H,4-5,13H2. The van der Waals surface area contributed by atoms with Crippen LogP contribution in [0.5, 0.6) is 0 Å². The molecule has 2 aromatic rings. The maximum absolute atomic E-state index is 5.72. The average molecular weight is 200 g/mol. The van der Waals surface area contributed by atoms with Crippen molar-refractivity contribution in [2.75, 3.05) is 5.73 Å². The first-order chi connectivity index (χ1) is 7.33. The van der Waals surface area contributed by atoms with Gasteiger partial charge in [0.05, 0.1) is 0 Å². The van der Waals surface area contributed by atoms with Crippen LogP contribution in [0.3, 0.4) is 0 Å². The minimum absolute atomic E-state index is 0.555. The molecule has 0 atom stereocenters. The van der Waals surface area contributed by atoms with E-state index >= 15 is 0 Å². The number of nitrogens with two attached hydrogens (primary N) is 1. The van der Waals surface area contributed by atoms with E-state index in [2.05, 4.69) is 4.98 Å². The Kier molecular flexibility index (Phi) is 1.78. The lowest BCUT2D eigenvalue weighted by Gasteiger charge is -1.96. The fraction of sp³-hybridized carbons (Fsp3) is 0.250. The molecule has 0 aliphatic heterocycles. The van der Waals surface area contributed by atoms with E-state index in [-0.39, 0.29) is 0 Å². The van der Waals surface area contributed by atoms with Gasteiger partial charge in [-0.15, -0.1) is 0 Å². The van der Waals surface area contributed by atoms with E-state index in [1.807, 2.05) is 24.3 Å². The van der Waals surface area contributed by atoms with Crippen molar-refractivity contribution in [3.63, 3.8) is 0 Å². The minimum Gasteiger partial charge on any atom is -0.448 e. The van der Waals surface area contributed by atoms with Gasteiger partial charge < -0.3 is 10.2 Å². The molecule has 1 aromatic carbocycles. The van der Waals surface area contributed by atoms with Gasteiger partial charge in [0.25, 0.3) is 0 Å². The van der Waals surface area contributed by atoms with Gasteiger partial charge in [-0.1, -0.05) is 12.1 Å². The second-order valence-electron chi connectivity index (χ2n) is 3.97. The Bertz CT molecular complexity index is 486. The predicted molar refractivity (Wildman–Crippen MR) is 58.3 cm³/mol. The van der Waals surface area contributed by atoms with Crippen LogP contribution in [-0.4, -0.2) is 4.98 Å². The number of nitrogen functional groups attached to an aromatic ring is 1. The monoisotopic (exact) mass is 200 g/mol. The molecule has 3 rings (SSSR count). The molecule has 3 nitrogen and oxygen atoms in total. The highest BCUT2D eigenvalue weighted by molar-refractivity contribution is 5.63. The summed E-state index contributed by atoms with van der Waals surface area (Å²) in [4.78, 5) is 4.46. The molecule has 1 saturated carbocycles. The van der Waals surface area contributed by atoms with E-state index in [1.54, 1.807) is 6.26 Å². The molecule has 3 heteroatoms. The van der Waals surface area contributed by atoms with E-state index in [0.29, 0.717) is 5.92 Å². The fourth-order valence-electron chi connectivity index (χ4n) is 1.64. The van der Waals surface area contributed by atoms with Gasteiger partial charge in [-0.2, -0.15) is 0 Å². The van der Waals surface area contributed by atoms with Crippen LogP contribution in [-0.2, 0) is 0 Å². The molecule has 0 amide bonds. The van der Waals surface area contributed by atoms with Crippen molar-refractivity contribution >= 4 is 5.69 Å². The maximum atomic E-state index is 5.72. The Morgan fingerprint density at radius 3 is 2.93 bits per heavy atom. The van der Waals surface area contributed by atoms with Gasteiger partial charge in [0, 0.05) is 17.2 Å². The Morgan fingerprint density at radius 2 is 2.20 bits per heavy atom. The summed E-state index contributed by atoms with van der Waals surface area (Å²) >= 11 is 0. The van der Waals surface area contributed by atoms with Gasteiger partial charge in [-0.3, -0.25) is 0 Å². The predicted octanol–water partition coefficient (Wildman–Crippen LogP) is 2.80. The van der Waals surface area contributed by atoms with Crippen LogP contribution in [0.1, 0.15) is 24.7 Å². The van der Waals surface area contributed by atoms with E-state index in [0.717, 1.165) is 22.8 Å². The topological polar surface area (TPSA) is 52.0 Å². The lowest BCUT2D eigenvalue weighted by Crippen LogP contribution is -1.85. The van der Waals surface area contributed by atoms with Crippen molar-refractivity contribution in [2.24, 2.45) is 0 Å². The Hall–Kier alpha value is -1.77. The highest BCUT2D eigenvalue weighted by Gasteiger charge is 2.28. The maximum Gasteiger partial charge on any atom is 0.197 e. The first-order valence-electron chi connectivity index (χ1n) is 5.14. The molecule has 2 N–H and O–H groups in total. The summed E-state index contributed by atoms with van der Waals surface area (Å²) in [5.74, 6) is 1.42. The summed E-state index contributed by atoms with van der Waals surface area (Å²) in [7, 11) is 0. The first kappa shape index (κ1) is 8.53. The molecular weight excluding hydrogens is 188 g/mol. The van der Waals surface area contributed by atoms with Gasteiger partial charge in [-0.05, 0) is 25.0 Å². The molecule has 0 bridgehead atoms. The summed E-state index contributed by atoms with van der Waals surface area (Å²) in [6, 6.07) is 7.70. The van der Waals surface area contributed by atoms with Crippen LogP contribution in [0, 0.1) is 0 Å². The quantitative estimate of drug-likeness (QED) is 0.758. The molecule has 1 aliphatic rings. The molecule has 0 spiro atoms. The zero-order valence-corrected chi connectivity index (χ0v) is 8.31. The zero-order chi connectivity index (χ0) is 10.3. The van der Waals surface area contributed by atoms with Crippen molar-refractivity contribution in [1.82, 2.24) is 4.98 Å². The molecule has 1 aliphatic carbocycles. The molecule has 0 saturated heterocycles. The summed E-state index contributed by atoms with van der Waals surface area (Å²) in [5.41, 5.74) is 8.37. The molecule has 76 valence electrons. The summed E-state index contributed by atoms with van der Waals surface area (Å²) < 4.78 is 5.43. The lowest BCUT2D eigenvalue weighted by molar-refractivity contribution is 0.497. The number of hydrogen-bond acceptors (Lipinski definition) is 3. The van der Waals surface area contributed by atoms with Gasteiger partial charge in [-0.25, -0.2) is 4.98 Å². The summed E-state index contributed by atoms with van der Waals surface area (Å²) in [6.07, 6.45) is 4.12. The highest BCUT2D eigenvalue weighted by atomic mass is 16.3. The second kappa shape index (κ2) is 3.12. The number of nitrogens with zero attached hydrogens (tertiary/aromatic N) is 1. The van der Waals surface area contributed by atoms with Gasteiger partial charge in [0.1, 0.15) is 12.0 Å². The van der Waals surface area contributed by atoms with Crippen molar-refractivity contribution < 1.29 is 4.42 Å². The fourth-order valence-corrected chi connectivity index (χ4v) is 1.64. The zero-order valence-electron chi connectivity index (χ0n) is 8.31. The highest BCUT2D eigenvalue weighted by Crippen LogP contribution is 2.40. The van der Waals surface area contributed by atoms with E-state index in [9.17, 15) is 0 Å². The van der Waals surface area contributed by atoms with Crippen molar-refractivity contribution in [3.05, 3.63) is 36.4 Å². The van der Waals surface area contributed by atoms with E-state index in [1.165, 1.54) is 12.8 Å². The Morgan fingerprint density at radius 1 is 1.33 bits per heavy atom. The number of rotatable bonds is 2. The third-order valence-electron chi connectivity index (χ3n) is 2.63. The number of hydrogen-bond donors (Lipinski definition) is 1. The van der Waals surface area contributed by atoms with Crippen LogP contribution in [0.2, 0.25) is 0 Å². The SMILES string of the molecule is Nc1cccc(-c2coc(C3CC3)n2)c1. The normalized spacial score (nSPS) is 15.5. The van der Waals surface area contributed by atoms with Crippen LogP contribution in [0.15, 0.2) is 34.9 Å². The molecule has 15 heavy (non-hydrogen) atoms. The number of anilines is 1. The minimum atomic E-state index is 0.555. The van der Waals surface area contributed by atoms with Crippen LogP contribution < -0.4 is 5.73 Å². The third-order valence-corrected chi connectivity index (χ3v) is 2.63. The molecule has 0 unspecified atom stereocenters. The smallest absolute Gasteiger partial charge is 0.197 e. The van der Waals surface area contributed by atoms with E-state index < -0.39 is 0 Å². The van der Waals surface area contributed by atoms with Gasteiger partial charge in [0.2, 0.25) is 0 Å². The molecule has 1 heterocycles. The number of oxazole rings is 1. The number of benzene rings is 1. The Labute approximate surface area is 87.9 Å². The summed E-state index contributed by atoms with van der Waals surface area (Å²) in [5, 5.41) is 0. The third kappa shape index (κ3) is 1.61. The van der Waals surface area contributed by atoms with Crippen molar-refractivity contribution in [3.8, 4) is 11.3 Å². The van der Waals surface area contributed by atoms with Crippen molar-refractivity contribution in [1.29, 1.82) is 0 Å². The molecule has 0 radical (unpaired) electrons. The first-order valence-corrected chi connectivity index (χ1v) is 5.14. The molecule has 1 aromatic heterocycles. The second-order valence-corrected chi connectivity index (χ2v) is 3.97. The average Bonchev–Trinajstić information content (AvgIpc) is 2.97. The van der Waals surface area contributed by atoms with Crippen molar-refractivity contribution in [2.45, 2.75) is 18.8 Å². The van der Waals surface area contributed by atoms with Crippen LogP contribution >= 0.6 is 0 Å². The van der Waals surface area contributed by atoms with Gasteiger partial charge >= 0.3 is 0 Å². The van der Waals surface area contributed by atoms with Crippen LogP contribution in [0.25, 0.3) is 11.3 Å². The van der Waals surface area contributed by atoms with Gasteiger partial charge in [0.15, 0.2) is 5.89 Å². The largest absolute Gasteiger partial charge is 0.448 e. The molecule has 1 fully saturated rings. The summed E-state index contributed by atoms with van der Waals surface area (Å²) in [6.45, 7) is 0. The number of aromatic nitrogens is 1. The molecular formula is C12H12N2O. The Balaban J connectivity index is 1.97.